The minimum Gasteiger partial charge on any atom is -0.306 e. The largest absolute Gasteiger partial charge is 0.306 e. The number of carbonyl (C=O) groups is 1. The van der Waals surface area contributed by atoms with E-state index in [2.05, 4.69) is 0 Å². The summed E-state index contributed by atoms with van der Waals surface area (Å²) in [6.07, 6.45) is -0.138. The van der Waals surface area contributed by atoms with Gasteiger partial charge in [-0.15, -0.1) is 0 Å². The van der Waals surface area contributed by atoms with Gasteiger partial charge in [-0.2, -0.15) is 0 Å². The first-order valence-electron chi connectivity index (χ1n) is 6.46. The summed E-state index contributed by atoms with van der Waals surface area (Å²) in [4.78, 5) is 13.3. The molecule has 0 N–H and O–H groups in total. The molecule has 0 spiro atoms. The number of carbonyl (C=O) groups excluding carboxylic acids is 1. The number of amides is 1. The molecule has 2 nitrogen and oxygen atoms in total. The molecule has 20 heavy (non-hydrogen) atoms. The van der Waals surface area contributed by atoms with Crippen molar-refractivity contribution < 1.29 is 13.6 Å². The predicted octanol–water partition coefficient (Wildman–Crippen LogP) is 4.12. The van der Waals surface area contributed by atoms with Crippen molar-refractivity contribution in [2.75, 3.05) is 6.54 Å². The lowest BCUT2D eigenvalue weighted by molar-refractivity contribution is -0.133. The molecule has 0 radical (unpaired) electrons. The van der Waals surface area contributed by atoms with E-state index in [0.29, 0.717) is 17.1 Å². The normalized spacial score (nSPS) is 19.5. The Labute approximate surface area is 122 Å². The first-order chi connectivity index (χ1) is 9.40. The smallest absolute Gasteiger partial charge is 0.256 e. The van der Waals surface area contributed by atoms with E-state index < -0.39 is 13.0 Å². The zero-order valence-electron chi connectivity index (χ0n) is 11.4. The van der Waals surface area contributed by atoms with Crippen LogP contribution in [0.25, 0.3) is 5.70 Å². The van der Waals surface area contributed by atoms with Gasteiger partial charge in [0, 0.05) is 22.2 Å². The van der Waals surface area contributed by atoms with Crippen LogP contribution in [0.15, 0.2) is 24.3 Å². The molecule has 1 aliphatic heterocycles. The number of alkyl halides is 2. The molecule has 5 heteroatoms. The molecule has 1 amide bonds. The van der Waals surface area contributed by atoms with Crippen LogP contribution in [0.1, 0.15) is 24.5 Å². The molecule has 1 aromatic rings. The Kier molecular flexibility index (Phi) is 4.43. The monoisotopic (exact) mass is 299 g/mol. The second-order valence-electron chi connectivity index (χ2n) is 5.03. The third kappa shape index (κ3) is 3.01. The van der Waals surface area contributed by atoms with E-state index in [1.165, 1.54) is 4.90 Å². The number of nitrogens with zero attached hydrogens (tertiary/aromatic N) is 1. The molecule has 1 aromatic carbocycles. The standard InChI is InChI=1S/C15H16ClF2NO/c1-9-3-6-13(19(15(9)20)8-14(17)18)12-5-4-11(16)7-10(12)2/h4-7,9,14H,3,8H2,1-2H3. The fourth-order valence-electron chi connectivity index (χ4n) is 2.38. The third-order valence-electron chi connectivity index (χ3n) is 3.43. The van der Waals surface area contributed by atoms with Crippen molar-refractivity contribution in [3.8, 4) is 0 Å². The van der Waals surface area contributed by atoms with Crippen molar-refractivity contribution in [1.82, 2.24) is 4.90 Å². The maximum absolute atomic E-state index is 12.7. The highest BCUT2D eigenvalue weighted by Gasteiger charge is 2.30. The molecule has 0 saturated carbocycles. The second kappa shape index (κ2) is 5.92. The van der Waals surface area contributed by atoms with Gasteiger partial charge in [-0.3, -0.25) is 4.79 Å². The zero-order chi connectivity index (χ0) is 14.9. The minimum absolute atomic E-state index is 0.253. The van der Waals surface area contributed by atoms with Crippen molar-refractivity contribution in [2.24, 2.45) is 5.92 Å². The van der Waals surface area contributed by atoms with Gasteiger partial charge in [0.1, 0.15) is 0 Å². The van der Waals surface area contributed by atoms with E-state index in [9.17, 15) is 13.6 Å². The van der Waals surface area contributed by atoms with Crippen molar-refractivity contribution in [3.63, 3.8) is 0 Å². The molecule has 1 unspecified atom stereocenters. The molecule has 0 aliphatic carbocycles. The van der Waals surface area contributed by atoms with E-state index in [1.54, 1.807) is 25.1 Å². The zero-order valence-corrected chi connectivity index (χ0v) is 12.1. The lowest BCUT2D eigenvalue weighted by Gasteiger charge is -2.32. The van der Waals surface area contributed by atoms with Crippen LogP contribution in [0.4, 0.5) is 8.78 Å². The maximum atomic E-state index is 12.7. The maximum Gasteiger partial charge on any atom is 0.256 e. The molecule has 0 bridgehead atoms. The number of allylic oxidation sites excluding steroid dienone is 1. The Morgan fingerprint density at radius 1 is 1.45 bits per heavy atom. The summed E-state index contributed by atoms with van der Waals surface area (Å²) in [5.41, 5.74) is 2.20. The van der Waals surface area contributed by atoms with Gasteiger partial charge in [0.05, 0.1) is 6.54 Å². The number of halogens is 3. The van der Waals surface area contributed by atoms with Crippen molar-refractivity contribution in [1.29, 1.82) is 0 Å². The molecule has 108 valence electrons. The lowest BCUT2D eigenvalue weighted by atomic mass is 9.95. The predicted molar refractivity (Wildman–Crippen MR) is 75.7 cm³/mol. The molecule has 2 rings (SSSR count). The molecular weight excluding hydrogens is 284 g/mol. The Morgan fingerprint density at radius 3 is 2.75 bits per heavy atom. The van der Waals surface area contributed by atoms with Crippen LogP contribution >= 0.6 is 11.6 Å². The Hall–Kier alpha value is -1.42. The fourth-order valence-corrected chi connectivity index (χ4v) is 2.61. The van der Waals surface area contributed by atoms with Crippen LogP contribution < -0.4 is 0 Å². The first kappa shape index (κ1) is 15.0. The highest BCUT2D eigenvalue weighted by Crippen LogP contribution is 2.31. The summed E-state index contributed by atoms with van der Waals surface area (Å²) in [6, 6.07) is 5.24. The number of hydrogen-bond acceptors (Lipinski definition) is 1. The van der Waals surface area contributed by atoms with Crippen LogP contribution in [0, 0.1) is 12.8 Å². The Balaban J connectivity index is 2.43. The van der Waals surface area contributed by atoms with E-state index in [1.807, 2.05) is 13.0 Å². The van der Waals surface area contributed by atoms with Gasteiger partial charge < -0.3 is 4.90 Å². The SMILES string of the molecule is Cc1cc(Cl)ccc1C1=CCC(C)C(=O)N1CC(F)F. The van der Waals surface area contributed by atoms with Crippen LogP contribution in [-0.2, 0) is 4.79 Å². The minimum atomic E-state index is -2.56. The van der Waals surface area contributed by atoms with Crippen molar-refractivity contribution in [2.45, 2.75) is 26.7 Å². The molecule has 1 aliphatic rings. The third-order valence-corrected chi connectivity index (χ3v) is 3.66. The van der Waals surface area contributed by atoms with E-state index in [4.69, 9.17) is 11.6 Å². The van der Waals surface area contributed by atoms with Gasteiger partial charge in [0.25, 0.3) is 6.43 Å². The fraction of sp³-hybridized carbons (Fsp3) is 0.400. The number of hydrogen-bond donors (Lipinski definition) is 0. The van der Waals surface area contributed by atoms with Crippen LogP contribution in [0.5, 0.6) is 0 Å². The average molecular weight is 300 g/mol. The van der Waals surface area contributed by atoms with Gasteiger partial charge in [-0.25, -0.2) is 8.78 Å². The Morgan fingerprint density at radius 2 is 2.15 bits per heavy atom. The number of benzene rings is 1. The van der Waals surface area contributed by atoms with E-state index in [0.717, 1.165) is 11.1 Å². The molecule has 1 heterocycles. The molecule has 0 fully saturated rings. The lowest BCUT2D eigenvalue weighted by Crippen LogP contribution is -2.39. The average Bonchev–Trinajstić information content (AvgIpc) is 2.36. The molecular formula is C15H16ClF2NO. The first-order valence-corrected chi connectivity index (χ1v) is 6.84. The second-order valence-corrected chi connectivity index (χ2v) is 5.46. The Bertz CT molecular complexity index is 557. The van der Waals surface area contributed by atoms with Crippen molar-refractivity contribution >= 4 is 23.2 Å². The molecule has 0 aromatic heterocycles. The highest BCUT2D eigenvalue weighted by atomic mass is 35.5. The van der Waals surface area contributed by atoms with E-state index in [-0.39, 0.29) is 11.8 Å². The van der Waals surface area contributed by atoms with Crippen LogP contribution in [0.3, 0.4) is 0 Å². The molecule has 0 saturated heterocycles. The van der Waals surface area contributed by atoms with Crippen LogP contribution in [-0.4, -0.2) is 23.8 Å². The summed E-state index contributed by atoms with van der Waals surface area (Å²) < 4.78 is 25.5. The summed E-state index contributed by atoms with van der Waals surface area (Å²) in [6.45, 7) is 3.03. The van der Waals surface area contributed by atoms with Crippen LogP contribution in [0.2, 0.25) is 5.02 Å². The van der Waals surface area contributed by atoms with Gasteiger partial charge in [-0.1, -0.05) is 30.7 Å². The summed E-state index contributed by atoms with van der Waals surface area (Å²) >= 11 is 5.91. The van der Waals surface area contributed by atoms with Gasteiger partial charge in [0.15, 0.2) is 0 Å². The molecule has 1 atom stereocenters. The summed E-state index contributed by atoms with van der Waals surface area (Å²) in [5.74, 6) is -0.512. The topological polar surface area (TPSA) is 20.3 Å². The number of rotatable bonds is 3. The van der Waals surface area contributed by atoms with Gasteiger partial charge in [-0.05, 0) is 31.0 Å². The van der Waals surface area contributed by atoms with E-state index >= 15 is 0 Å². The van der Waals surface area contributed by atoms with Gasteiger partial charge >= 0.3 is 0 Å². The number of aryl methyl sites for hydroxylation is 1. The van der Waals surface area contributed by atoms with Crippen molar-refractivity contribution in [3.05, 3.63) is 40.4 Å². The summed E-state index contributed by atoms with van der Waals surface area (Å²) in [7, 11) is 0. The summed E-state index contributed by atoms with van der Waals surface area (Å²) in [5, 5.41) is 0.586. The highest BCUT2D eigenvalue weighted by molar-refractivity contribution is 6.30. The van der Waals surface area contributed by atoms with Gasteiger partial charge in [0.2, 0.25) is 5.91 Å². The quantitative estimate of drug-likeness (QED) is 0.822.